The molecular weight excluding hydrogens is 535 g/mol. The zero-order valence-corrected chi connectivity index (χ0v) is 21.3. The third-order valence-electron chi connectivity index (χ3n) is 5.71. The molecule has 1 fully saturated rings. The third-order valence-corrected chi connectivity index (χ3v) is 6.77. The molecule has 0 radical (unpaired) electrons. The molecule has 1 aromatic carbocycles. The van der Waals surface area contributed by atoms with Gasteiger partial charge in [-0.3, -0.25) is 4.57 Å². The van der Waals surface area contributed by atoms with Gasteiger partial charge in [-0.1, -0.05) is 11.6 Å². The smallest absolute Gasteiger partial charge is 0.395 e. The SMILES string of the molecule is Cc1nnc(C(OC2COC2C)[C@@H](O)CN(N)/C=C(\N)c2nccs2)n1-c1cc(Cl)ccc1C(F)(F)F. The molecule has 10 nitrogen and oxygen atoms in total. The van der Waals surface area contributed by atoms with Gasteiger partial charge in [0, 0.05) is 22.8 Å². The van der Waals surface area contributed by atoms with E-state index >= 15 is 0 Å². The number of hydrogen-bond acceptors (Lipinski definition) is 10. The Morgan fingerprint density at radius 3 is 2.78 bits per heavy atom. The average molecular weight is 560 g/mol. The maximum absolute atomic E-state index is 13.9. The van der Waals surface area contributed by atoms with Crippen LogP contribution in [-0.2, 0) is 15.7 Å². The lowest BCUT2D eigenvalue weighted by atomic mass is 10.1. The molecule has 1 saturated heterocycles. The Morgan fingerprint density at radius 2 is 2.19 bits per heavy atom. The van der Waals surface area contributed by atoms with Crippen molar-refractivity contribution in [1.82, 2.24) is 24.8 Å². The number of nitrogens with zero attached hydrogens (tertiary/aromatic N) is 5. The number of rotatable bonds is 9. The van der Waals surface area contributed by atoms with E-state index in [0.29, 0.717) is 5.01 Å². The second-order valence-electron chi connectivity index (χ2n) is 8.42. The lowest BCUT2D eigenvalue weighted by molar-refractivity contribution is -0.217. The van der Waals surface area contributed by atoms with Crippen molar-refractivity contribution in [3.8, 4) is 5.69 Å². The highest BCUT2D eigenvalue weighted by atomic mass is 35.5. The van der Waals surface area contributed by atoms with Crippen LogP contribution in [0.15, 0.2) is 36.0 Å². The van der Waals surface area contributed by atoms with E-state index in [2.05, 4.69) is 15.2 Å². The summed E-state index contributed by atoms with van der Waals surface area (Å²) in [6.07, 6.45) is -5.02. The summed E-state index contributed by atoms with van der Waals surface area (Å²) < 4.78 is 54.3. The number of aliphatic hydroxyl groups is 1. The highest BCUT2D eigenvalue weighted by Crippen LogP contribution is 2.38. The lowest BCUT2D eigenvalue weighted by Gasteiger charge is -2.38. The zero-order valence-electron chi connectivity index (χ0n) is 19.8. The van der Waals surface area contributed by atoms with Crippen molar-refractivity contribution < 1.29 is 27.8 Å². The number of halogens is 4. The molecule has 0 amide bonds. The van der Waals surface area contributed by atoms with Gasteiger partial charge >= 0.3 is 6.18 Å². The lowest BCUT2D eigenvalue weighted by Crippen LogP contribution is -2.48. The first-order valence-corrected chi connectivity index (χ1v) is 12.3. The van der Waals surface area contributed by atoms with Gasteiger partial charge in [-0.25, -0.2) is 10.8 Å². The van der Waals surface area contributed by atoms with E-state index in [1.165, 1.54) is 29.0 Å². The molecule has 0 spiro atoms. The van der Waals surface area contributed by atoms with Gasteiger partial charge < -0.3 is 25.3 Å². The van der Waals surface area contributed by atoms with Gasteiger partial charge in [-0.2, -0.15) is 13.2 Å². The number of thiazole rings is 1. The van der Waals surface area contributed by atoms with Crippen LogP contribution in [0.4, 0.5) is 13.2 Å². The topological polar surface area (TPSA) is 138 Å². The molecule has 0 saturated carbocycles. The fraction of sp³-hybridized carbons (Fsp3) is 0.409. The van der Waals surface area contributed by atoms with Crippen molar-refractivity contribution >= 4 is 28.6 Å². The van der Waals surface area contributed by atoms with Crippen molar-refractivity contribution in [2.75, 3.05) is 13.2 Å². The van der Waals surface area contributed by atoms with E-state index in [9.17, 15) is 18.3 Å². The van der Waals surface area contributed by atoms with Crippen LogP contribution < -0.4 is 11.6 Å². The van der Waals surface area contributed by atoms with E-state index in [-0.39, 0.29) is 47.3 Å². The van der Waals surface area contributed by atoms with E-state index < -0.39 is 30.1 Å². The first-order chi connectivity index (χ1) is 17.5. The quantitative estimate of drug-likeness (QED) is 0.267. The number of hydrogen-bond donors (Lipinski definition) is 3. The summed E-state index contributed by atoms with van der Waals surface area (Å²) in [5, 5.41) is 22.8. The number of hydrazine groups is 1. The summed E-state index contributed by atoms with van der Waals surface area (Å²) in [6, 6.07) is 3.19. The molecule has 15 heteroatoms. The molecule has 0 bridgehead atoms. The van der Waals surface area contributed by atoms with Gasteiger partial charge in [-0.05, 0) is 32.0 Å². The van der Waals surface area contributed by atoms with Crippen LogP contribution in [-0.4, -0.2) is 61.3 Å². The van der Waals surface area contributed by atoms with E-state index in [1.807, 2.05) is 0 Å². The van der Waals surface area contributed by atoms with Gasteiger partial charge in [0.1, 0.15) is 29.1 Å². The number of nitrogens with two attached hydrogens (primary N) is 2. The first-order valence-electron chi connectivity index (χ1n) is 11.1. The fourth-order valence-corrected chi connectivity index (χ4v) is 4.51. The molecule has 37 heavy (non-hydrogen) atoms. The van der Waals surface area contributed by atoms with E-state index in [4.69, 9.17) is 32.7 Å². The van der Waals surface area contributed by atoms with Crippen molar-refractivity contribution in [3.63, 3.8) is 0 Å². The monoisotopic (exact) mass is 559 g/mol. The Hall–Kier alpha value is -2.75. The maximum Gasteiger partial charge on any atom is 0.418 e. The number of ether oxygens (including phenoxy) is 2. The van der Waals surface area contributed by atoms with Gasteiger partial charge in [0.05, 0.1) is 36.2 Å². The summed E-state index contributed by atoms with van der Waals surface area (Å²) in [6.45, 7) is 3.31. The second-order valence-corrected chi connectivity index (χ2v) is 9.75. The van der Waals surface area contributed by atoms with Crippen LogP contribution in [0.25, 0.3) is 11.4 Å². The summed E-state index contributed by atoms with van der Waals surface area (Å²) >= 11 is 7.37. The number of aryl methyl sites for hydroxylation is 1. The summed E-state index contributed by atoms with van der Waals surface area (Å²) in [5.74, 6) is 6.15. The second kappa shape index (κ2) is 10.9. The van der Waals surface area contributed by atoms with Crippen LogP contribution >= 0.6 is 22.9 Å². The Kier molecular flexibility index (Phi) is 8.06. The molecule has 200 valence electrons. The summed E-state index contributed by atoms with van der Waals surface area (Å²) in [4.78, 5) is 4.10. The number of aromatic nitrogens is 4. The predicted molar refractivity (Wildman–Crippen MR) is 130 cm³/mol. The van der Waals surface area contributed by atoms with Gasteiger partial charge in [0.15, 0.2) is 5.82 Å². The maximum atomic E-state index is 13.9. The van der Waals surface area contributed by atoms with Gasteiger partial charge in [0.2, 0.25) is 0 Å². The Bertz CT molecular complexity index is 1250. The zero-order chi connectivity index (χ0) is 26.9. The summed E-state index contributed by atoms with van der Waals surface area (Å²) in [5.41, 5.74) is 5.05. The van der Waals surface area contributed by atoms with Crippen molar-refractivity contribution in [2.24, 2.45) is 11.6 Å². The van der Waals surface area contributed by atoms with Crippen LogP contribution in [0.5, 0.6) is 0 Å². The molecule has 0 aliphatic carbocycles. The van der Waals surface area contributed by atoms with Crippen LogP contribution in [0.3, 0.4) is 0 Å². The Morgan fingerprint density at radius 1 is 1.43 bits per heavy atom. The molecule has 1 aliphatic rings. The van der Waals surface area contributed by atoms with Crippen molar-refractivity contribution in [3.05, 3.63) is 63.2 Å². The molecule has 3 aromatic rings. The standard InChI is InChI=1S/C22H25ClF3N7O3S/c1-11-18(10-35-11)36-19(17(34)9-32(28)8-15(27)21-29-5-6-37-21)20-31-30-12(2)33(20)16-7-13(23)3-4-14(16)22(24,25)26/h3-8,11,17-19,34H,9-10,27-28H2,1-2H3/b15-8-/t11?,17-,18?,19?/m0/s1. The minimum absolute atomic E-state index is 0.0536. The van der Waals surface area contributed by atoms with Crippen LogP contribution in [0.1, 0.15) is 35.2 Å². The minimum Gasteiger partial charge on any atom is -0.395 e. The van der Waals surface area contributed by atoms with Crippen LogP contribution in [0.2, 0.25) is 5.02 Å². The third kappa shape index (κ3) is 6.05. The molecule has 5 N–H and O–H groups in total. The highest BCUT2D eigenvalue weighted by molar-refractivity contribution is 7.10. The van der Waals surface area contributed by atoms with Crippen LogP contribution in [0, 0.1) is 6.92 Å². The molecule has 3 heterocycles. The average Bonchev–Trinajstić information content (AvgIpc) is 3.47. The molecule has 4 atom stereocenters. The largest absolute Gasteiger partial charge is 0.418 e. The van der Waals surface area contributed by atoms with Crippen molar-refractivity contribution in [1.29, 1.82) is 0 Å². The fourth-order valence-electron chi connectivity index (χ4n) is 3.78. The minimum atomic E-state index is -4.69. The van der Waals surface area contributed by atoms with Gasteiger partial charge in [-0.15, -0.1) is 21.5 Å². The first kappa shape index (κ1) is 27.3. The molecule has 2 aromatic heterocycles. The van der Waals surface area contributed by atoms with E-state index in [0.717, 1.165) is 23.2 Å². The van der Waals surface area contributed by atoms with Crippen molar-refractivity contribution in [2.45, 2.75) is 44.4 Å². The molecule has 3 unspecified atom stereocenters. The molecule has 4 rings (SSSR count). The molecule has 1 aliphatic heterocycles. The normalized spacial score (nSPS) is 19.9. The van der Waals surface area contributed by atoms with Gasteiger partial charge in [0.25, 0.3) is 0 Å². The Labute approximate surface area is 219 Å². The number of alkyl halides is 3. The highest BCUT2D eigenvalue weighted by Gasteiger charge is 2.40. The number of aliphatic hydroxyl groups excluding tert-OH is 1. The predicted octanol–water partition coefficient (Wildman–Crippen LogP) is 3.04. The molecular formula is C22H25ClF3N7O3S. The van der Waals surface area contributed by atoms with E-state index in [1.54, 1.807) is 18.5 Å². The summed E-state index contributed by atoms with van der Waals surface area (Å²) in [7, 11) is 0. The Balaban J connectivity index is 1.71. The number of benzene rings is 1.